The summed E-state index contributed by atoms with van der Waals surface area (Å²) in [7, 11) is 4.06. The lowest BCUT2D eigenvalue weighted by atomic mass is 10.2. The molecule has 1 amide bonds. The van der Waals surface area contributed by atoms with Gasteiger partial charge < -0.3 is 10.2 Å². The van der Waals surface area contributed by atoms with E-state index in [1.807, 2.05) is 42.9 Å². The third-order valence-electron chi connectivity index (χ3n) is 5.07. The van der Waals surface area contributed by atoms with E-state index in [-0.39, 0.29) is 17.3 Å². The topological polar surface area (TPSA) is 80.1 Å². The number of carbonyl (C=O) groups excluding carboxylic acids is 1. The molecule has 30 heavy (non-hydrogen) atoms. The van der Waals surface area contributed by atoms with Gasteiger partial charge in [0.05, 0.1) is 16.0 Å². The molecule has 4 rings (SSSR count). The molecule has 2 heterocycles. The highest BCUT2D eigenvalue weighted by atomic mass is 32.2. The van der Waals surface area contributed by atoms with Crippen LogP contribution < -0.4 is 11.0 Å². The lowest BCUT2D eigenvalue weighted by Crippen LogP contribution is -2.29. The zero-order valence-corrected chi connectivity index (χ0v) is 18.8. The number of para-hydroxylation sites is 1. The smallest absolute Gasteiger partial charge is 0.309 e. The third kappa shape index (κ3) is 4.74. The normalized spacial score (nSPS) is 13.2. The van der Waals surface area contributed by atoms with Crippen molar-refractivity contribution in [1.29, 1.82) is 0 Å². The minimum absolute atomic E-state index is 0.136. The average Bonchev–Trinajstić information content (AvgIpc) is 3.34. The van der Waals surface area contributed by atoms with Crippen molar-refractivity contribution in [3.05, 3.63) is 46.0 Å². The first-order chi connectivity index (χ1) is 14.5. The molecule has 0 saturated carbocycles. The van der Waals surface area contributed by atoms with E-state index in [0.29, 0.717) is 16.7 Å². The van der Waals surface area contributed by atoms with Crippen molar-refractivity contribution in [2.45, 2.75) is 37.3 Å². The lowest BCUT2D eigenvalue weighted by Gasteiger charge is -2.15. The summed E-state index contributed by atoms with van der Waals surface area (Å²) in [5.41, 5.74) is 2.91. The number of anilines is 1. The van der Waals surface area contributed by atoms with Gasteiger partial charge in [-0.3, -0.25) is 9.36 Å². The maximum absolute atomic E-state index is 12.6. The molecule has 1 aliphatic carbocycles. The lowest BCUT2D eigenvalue weighted by molar-refractivity contribution is -0.113. The predicted octanol–water partition coefficient (Wildman–Crippen LogP) is 3.02. The molecule has 3 aromatic rings. The van der Waals surface area contributed by atoms with E-state index < -0.39 is 0 Å². The Bertz CT molecular complexity index is 1090. The maximum Gasteiger partial charge on any atom is 0.348 e. The van der Waals surface area contributed by atoms with Gasteiger partial charge in [-0.15, -0.1) is 0 Å². The summed E-state index contributed by atoms with van der Waals surface area (Å²) in [5, 5.41) is 4.16. The van der Waals surface area contributed by atoms with Crippen LogP contribution in [0.3, 0.4) is 0 Å². The summed E-state index contributed by atoms with van der Waals surface area (Å²) in [6.45, 7) is 1.62. The van der Waals surface area contributed by atoms with Crippen molar-refractivity contribution < 1.29 is 4.79 Å². The third-order valence-corrected chi connectivity index (χ3v) is 7.04. The average molecular weight is 444 g/mol. The van der Waals surface area contributed by atoms with Crippen LogP contribution in [0.1, 0.15) is 24.1 Å². The van der Waals surface area contributed by atoms with Gasteiger partial charge in [0.1, 0.15) is 5.03 Å². The number of aromatic nitrogens is 3. The zero-order valence-electron chi connectivity index (χ0n) is 17.2. The summed E-state index contributed by atoms with van der Waals surface area (Å²) in [5.74, 6) is 0.0715. The van der Waals surface area contributed by atoms with Gasteiger partial charge in [-0.2, -0.15) is 4.98 Å². The number of nitrogens with zero attached hydrogens (tertiary/aromatic N) is 4. The van der Waals surface area contributed by atoms with Crippen molar-refractivity contribution >= 4 is 44.4 Å². The molecule has 1 aliphatic rings. The van der Waals surface area contributed by atoms with Crippen molar-refractivity contribution in [1.82, 2.24) is 19.4 Å². The first kappa shape index (κ1) is 21.0. The molecule has 9 heteroatoms. The highest BCUT2D eigenvalue weighted by Crippen LogP contribution is 2.30. The summed E-state index contributed by atoms with van der Waals surface area (Å²) in [4.78, 5) is 35.9. The molecule has 0 bridgehead atoms. The summed E-state index contributed by atoms with van der Waals surface area (Å²) < 4.78 is 2.87. The van der Waals surface area contributed by atoms with Crippen LogP contribution in [0.5, 0.6) is 0 Å². The number of amides is 1. The molecule has 2 aromatic heterocycles. The molecule has 0 spiro atoms. The minimum Gasteiger partial charge on any atom is -0.309 e. The molecule has 1 aromatic carbocycles. The first-order valence-corrected chi connectivity index (χ1v) is 11.9. The van der Waals surface area contributed by atoms with Crippen molar-refractivity contribution in [3.63, 3.8) is 0 Å². The fourth-order valence-corrected chi connectivity index (χ4v) is 5.45. The number of nitrogens with one attached hydrogen (secondary N) is 1. The molecule has 0 atom stereocenters. The van der Waals surface area contributed by atoms with Crippen molar-refractivity contribution in [2.24, 2.45) is 0 Å². The maximum atomic E-state index is 12.6. The highest BCUT2D eigenvalue weighted by molar-refractivity contribution is 8.00. The van der Waals surface area contributed by atoms with E-state index in [9.17, 15) is 9.59 Å². The number of thioether (sulfide) groups is 1. The van der Waals surface area contributed by atoms with E-state index >= 15 is 0 Å². The summed E-state index contributed by atoms with van der Waals surface area (Å²) in [6.07, 6.45) is 3.76. The second-order valence-electron chi connectivity index (χ2n) is 7.61. The number of fused-ring (bicyclic) bond motifs is 2. The first-order valence-electron chi connectivity index (χ1n) is 10.1. The van der Waals surface area contributed by atoms with Gasteiger partial charge in [-0.25, -0.2) is 9.78 Å². The van der Waals surface area contributed by atoms with Crippen LogP contribution in [0.2, 0.25) is 0 Å². The summed E-state index contributed by atoms with van der Waals surface area (Å²) in [6, 6.07) is 7.80. The van der Waals surface area contributed by atoms with Crippen LogP contribution >= 0.6 is 23.1 Å². The van der Waals surface area contributed by atoms with E-state index in [1.54, 1.807) is 0 Å². The number of hydrogen-bond donors (Lipinski definition) is 1. The number of thiazole rings is 1. The quantitative estimate of drug-likeness (QED) is 0.426. The van der Waals surface area contributed by atoms with Crippen molar-refractivity contribution in [3.8, 4) is 0 Å². The van der Waals surface area contributed by atoms with E-state index in [0.717, 1.165) is 53.7 Å². The van der Waals surface area contributed by atoms with Crippen molar-refractivity contribution in [2.75, 3.05) is 31.7 Å². The van der Waals surface area contributed by atoms with E-state index in [4.69, 9.17) is 0 Å². The predicted molar refractivity (Wildman–Crippen MR) is 123 cm³/mol. The van der Waals surface area contributed by atoms with Crippen LogP contribution in [-0.2, 0) is 24.2 Å². The molecule has 158 valence electrons. The molecular formula is C21H25N5O2S2. The number of benzene rings is 1. The number of hydrogen-bond acceptors (Lipinski definition) is 7. The van der Waals surface area contributed by atoms with Gasteiger partial charge in [0.2, 0.25) is 5.91 Å². The SMILES string of the molecule is CN(C)CCCn1c2c(c(SCC(=O)Nc3nc4ccccc4s3)nc1=O)CCC2. The van der Waals surface area contributed by atoms with Crippen LogP contribution in [0.4, 0.5) is 5.13 Å². The second kappa shape index (κ2) is 9.28. The fraction of sp³-hybridized carbons (Fsp3) is 0.429. The monoisotopic (exact) mass is 443 g/mol. The molecule has 1 N–H and O–H groups in total. The second-order valence-corrected chi connectivity index (χ2v) is 9.61. The minimum atomic E-state index is -0.205. The summed E-state index contributed by atoms with van der Waals surface area (Å²) >= 11 is 2.80. The fourth-order valence-electron chi connectivity index (χ4n) is 3.70. The van der Waals surface area contributed by atoms with E-state index in [2.05, 4.69) is 20.2 Å². The number of rotatable bonds is 8. The Labute approximate surface area is 183 Å². The zero-order chi connectivity index (χ0) is 21.1. The van der Waals surface area contributed by atoms with Crippen LogP contribution in [0, 0.1) is 0 Å². The van der Waals surface area contributed by atoms with E-state index in [1.165, 1.54) is 23.1 Å². The molecule has 0 aliphatic heterocycles. The Morgan fingerprint density at radius 1 is 1.27 bits per heavy atom. The van der Waals surface area contributed by atoms with Gasteiger partial charge in [-0.1, -0.05) is 35.2 Å². The largest absolute Gasteiger partial charge is 0.348 e. The van der Waals surface area contributed by atoms with Crippen LogP contribution in [-0.4, -0.2) is 51.7 Å². The molecule has 7 nitrogen and oxygen atoms in total. The Hall–Kier alpha value is -2.23. The van der Waals surface area contributed by atoms with Gasteiger partial charge in [-0.05, 0) is 58.5 Å². The number of carbonyl (C=O) groups is 1. The molecular weight excluding hydrogens is 418 g/mol. The molecule has 0 fully saturated rings. The van der Waals surface area contributed by atoms with Gasteiger partial charge in [0.15, 0.2) is 5.13 Å². The van der Waals surface area contributed by atoms with Gasteiger partial charge >= 0.3 is 5.69 Å². The standard InChI is InChI=1S/C21H25N5O2S2/c1-25(2)11-6-12-26-16-9-5-7-14(16)19(24-21(26)28)29-13-18(27)23-20-22-15-8-3-4-10-17(15)30-20/h3-4,8,10H,5-7,9,11-13H2,1-2H3,(H,22,23,27). The van der Waals surface area contributed by atoms with Crippen LogP contribution in [0.25, 0.3) is 10.2 Å². The molecule has 0 saturated heterocycles. The highest BCUT2D eigenvalue weighted by Gasteiger charge is 2.22. The Morgan fingerprint density at radius 3 is 2.90 bits per heavy atom. The van der Waals surface area contributed by atoms with Gasteiger partial charge in [0, 0.05) is 17.8 Å². The van der Waals surface area contributed by atoms with Gasteiger partial charge in [0.25, 0.3) is 0 Å². The van der Waals surface area contributed by atoms with Crippen LogP contribution in [0.15, 0.2) is 34.1 Å². The Morgan fingerprint density at radius 2 is 2.10 bits per heavy atom. The molecule has 0 unspecified atom stereocenters. The molecule has 0 radical (unpaired) electrons. The Balaban J connectivity index is 1.43. The Kier molecular flexibility index (Phi) is 6.50.